The smallest absolute Gasteiger partial charge is 0.257 e. The Labute approximate surface area is 168 Å². The number of benzene rings is 2. The molecule has 0 aromatic heterocycles. The summed E-state index contributed by atoms with van der Waals surface area (Å²) in [7, 11) is 0. The number of piperazine rings is 1. The zero-order valence-electron chi connectivity index (χ0n) is 15.4. The maximum absolute atomic E-state index is 13.9. The second-order valence-electron chi connectivity index (χ2n) is 6.56. The van der Waals surface area contributed by atoms with Crippen molar-refractivity contribution in [3.05, 3.63) is 64.9 Å². The summed E-state index contributed by atoms with van der Waals surface area (Å²) in [5.74, 6) is -0.164. The first-order chi connectivity index (χ1) is 13.5. The first-order valence-corrected chi connectivity index (χ1v) is 9.62. The first kappa shape index (κ1) is 20.1. The van der Waals surface area contributed by atoms with Crippen molar-refractivity contribution in [2.45, 2.75) is 12.8 Å². The summed E-state index contributed by atoms with van der Waals surface area (Å²) >= 11 is 5.86. The Morgan fingerprint density at radius 1 is 1.00 bits per heavy atom. The molecule has 28 heavy (non-hydrogen) atoms. The van der Waals surface area contributed by atoms with Gasteiger partial charge in [0.05, 0.1) is 12.2 Å². The molecule has 0 saturated carbocycles. The number of hydrogen-bond acceptors (Lipinski definition) is 3. The fraction of sp³-hybridized carbons (Fsp3) is 0.333. The Morgan fingerprint density at radius 3 is 2.39 bits per heavy atom. The summed E-state index contributed by atoms with van der Waals surface area (Å²) in [4.78, 5) is 28.1. The van der Waals surface area contributed by atoms with Gasteiger partial charge in [-0.25, -0.2) is 4.39 Å². The maximum atomic E-state index is 13.9. The van der Waals surface area contributed by atoms with E-state index in [-0.39, 0.29) is 11.5 Å². The van der Waals surface area contributed by atoms with E-state index < -0.39 is 11.7 Å². The summed E-state index contributed by atoms with van der Waals surface area (Å²) in [6.07, 6.45) is 1.02. The highest BCUT2D eigenvalue weighted by Gasteiger charge is 2.26. The van der Waals surface area contributed by atoms with E-state index in [1.165, 1.54) is 18.2 Å². The Bertz CT molecular complexity index is 824. The van der Waals surface area contributed by atoms with Gasteiger partial charge in [-0.15, -0.1) is 0 Å². The van der Waals surface area contributed by atoms with Crippen LogP contribution in [0.3, 0.4) is 0 Å². The Balaban J connectivity index is 1.42. The van der Waals surface area contributed by atoms with Gasteiger partial charge in [0.15, 0.2) is 0 Å². The fourth-order valence-corrected chi connectivity index (χ4v) is 3.25. The third-order valence-electron chi connectivity index (χ3n) is 4.63. The maximum Gasteiger partial charge on any atom is 0.257 e. The molecule has 0 bridgehead atoms. The van der Waals surface area contributed by atoms with E-state index in [0.717, 1.165) is 5.75 Å². The molecule has 3 rings (SSSR count). The van der Waals surface area contributed by atoms with Gasteiger partial charge in [0.25, 0.3) is 5.91 Å². The fourth-order valence-electron chi connectivity index (χ4n) is 3.08. The van der Waals surface area contributed by atoms with Crippen LogP contribution in [0.15, 0.2) is 48.5 Å². The van der Waals surface area contributed by atoms with Crippen LogP contribution in [0, 0.1) is 5.82 Å². The highest BCUT2D eigenvalue weighted by Crippen LogP contribution is 2.18. The summed E-state index contributed by atoms with van der Waals surface area (Å²) in [6, 6.07) is 13.4. The predicted molar refractivity (Wildman–Crippen MR) is 105 cm³/mol. The summed E-state index contributed by atoms with van der Waals surface area (Å²) < 4.78 is 19.5. The lowest BCUT2D eigenvalue weighted by molar-refractivity contribution is -0.132. The lowest BCUT2D eigenvalue weighted by Gasteiger charge is -2.35. The third-order valence-corrected chi connectivity index (χ3v) is 4.86. The van der Waals surface area contributed by atoms with E-state index in [2.05, 4.69) is 0 Å². The van der Waals surface area contributed by atoms with Gasteiger partial charge in [0.2, 0.25) is 5.91 Å². The van der Waals surface area contributed by atoms with Crippen LogP contribution in [0.25, 0.3) is 0 Å². The number of carbonyl (C=O) groups is 2. The van der Waals surface area contributed by atoms with Crippen LogP contribution in [-0.4, -0.2) is 54.4 Å². The van der Waals surface area contributed by atoms with Crippen molar-refractivity contribution in [3.8, 4) is 5.75 Å². The lowest BCUT2D eigenvalue weighted by atomic mass is 10.1. The molecule has 2 aromatic carbocycles. The molecule has 0 spiro atoms. The molecule has 0 atom stereocenters. The predicted octanol–water partition coefficient (Wildman–Crippen LogP) is 3.62. The van der Waals surface area contributed by atoms with Gasteiger partial charge < -0.3 is 14.5 Å². The molecule has 5 nitrogen and oxygen atoms in total. The van der Waals surface area contributed by atoms with E-state index in [1.54, 1.807) is 9.80 Å². The number of halogens is 2. The SMILES string of the molecule is O=C(CCCOc1ccccc1)N1CCN(C(=O)c2cc(Cl)ccc2F)CC1. The van der Waals surface area contributed by atoms with E-state index in [9.17, 15) is 14.0 Å². The number of rotatable bonds is 6. The van der Waals surface area contributed by atoms with Crippen molar-refractivity contribution in [2.24, 2.45) is 0 Å². The van der Waals surface area contributed by atoms with Crippen molar-refractivity contribution in [1.29, 1.82) is 0 Å². The lowest BCUT2D eigenvalue weighted by Crippen LogP contribution is -2.50. The molecule has 0 radical (unpaired) electrons. The molecule has 2 amide bonds. The number of nitrogens with zero attached hydrogens (tertiary/aromatic N) is 2. The van der Waals surface area contributed by atoms with Gasteiger partial charge >= 0.3 is 0 Å². The van der Waals surface area contributed by atoms with Gasteiger partial charge in [0, 0.05) is 37.6 Å². The van der Waals surface area contributed by atoms with Gasteiger partial charge in [0.1, 0.15) is 11.6 Å². The van der Waals surface area contributed by atoms with E-state index in [1.807, 2.05) is 30.3 Å². The zero-order valence-corrected chi connectivity index (χ0v) is 16.2. The van der Waals surface area contributed by atoms with Gasteiger partial charge in [-0.3, -0.25) is 9.59 Å². The van der Waals surface area contributed by atoms with Crippen LogP contribution in [0.2, 0.25) is 5.02 Å². The molecule has 1 aliphatic heterocycles. The van der Waals surface area contributed by atoms with Gasteiger partial charge in [-0.1, -0.05) is 29.8 Å². The Hall–Kier alpha value is -2.60. The number of amides is 2. The quantitative estimate of drug-likeness (QED) is 0.691. The third kappa shape index (κ3) is 5.23. The van der Waals surface area contributed by atoms with E-state index in [4.69, 9.17) is 16.3 Å². The number of para-hydroxylation sites is 1. The molecular formula is C21H22ClFN2O3. The van der Waals surface area contributed by atoms with Crippen LogP contribution >= 0.6 is 11.6 Å². The van der Waals surface area contributed by atoms with E-state index in [0.29, 0.717) is 50.7 Å². The molecule has 0 N–H and O–H groups in total. The number of carbonyl (C=O) groups excluding carboxylic acids is 2. The Morgan fingerprint density at radius 2 is 1.68 bits per heavy atom. The van der Waals surface area contributed by atoms with Crippen molar-refractivity contribution in [1.82, 2.24) is 9.80 Å². The standard InChI is InChI=1S/C21H22ClFN2O3/c22-16-8-9-19(23)18(15-16)21(27)25-12-10-24(11-13-25)20(26)7-4-14-28-17-5-2-1-3-6-17/h1-3,5-6,8-9,15H,4,7,10-14H2. The Kier molecular flexibility index (Phi) is 6.87. The molecule has 1 saturated heterocycles. The molecule has 148 valence electrons. The monoisotopic (exact) mass is 404 g/mol. The summed E-state index contributed by atoms with van der Waals surface area (Å²) in [5.41, 5.74) is -0.0367. The molecule has 1 fully saturated rings. The second-order valence-corrected chi connectivity index (χ2v) is 7.00. The molecule has 2 aromatic rings. The average molecular weight is 405 g/mol. The number of ether oxygens (including phenoxy) is 1. The topological polar surface area (TPSA) is 49.9 Å². The highest BCUT2D eigenvalue weighted by atomic mass is 35.5. The van der Waals surface area contributed by atoms with Crippen LogP contribution < -0.4 is 4.74 Å². The minimum absolute atomic E-state index is 0.0367. The van der Waals surface area contributed by atoms with Gasteiger partial charge in [-0.05, 0) is 36.8 Å². The largest absolute Gasteiger partial charge is 0.494 e. The van der Waals surface area contributed by atoms with Crippen LogP contribution in [0.4, 0.5) is 4.39 Å². The van der Waals surface area contributed by atoms with Crippen LogP contribution in [0.1, 0.15) is 23.2 Å². The number of hydrogen-bond donors (Lipinski definition) is 0. The molecule has 7 heteroatoms. The zero-order chi connectivity index (χ0) is 19.9. The van der Waals surface area contributed by atoms with Crippen LogP contribution in [-0.2, 0) is 4.79 Å². The second kappa shape index (κ2) is 9.55. The van der Waals surface area contributed by atoms with Gasteiger partial charge in [-0.2, -0.15) is 0 Å². The molecule has 1 heterocycles. The normalized spacial score (nSPS) is 14.1. The molecule has 1 aliphatic rings. The molecular weight excluding hydrogens is 383 g/mol. The minimum atomic E-state index is -0.591. The highest BCUT2D eigenvalue weighted by molar-refractivity contribution is 6.31. The van der Waals surface area contributed by atoms with Crippen LogP contribution in [0.5, 0.6) is 5.75 Å². The average Bonchev–Trinajstić information content (AvgIpc) is 2.73. The van der Waals surface area contributed by atoms with Crippen molar-refractivity contribution in [3.63, 3.8) is 0 Å². The van der Waals surface area contributed by atoms with Crippen molar-refractivity contribution in [2.75, 3.05) is 32.8 Å². The van der Waals surface area contributed by atoms with E-state index >= 15 is 0 Å². The summed E-state index contributed by atoms with van der Waals surface area (Å²) in [5, 5.41) is 0.316. The van der Waals surface area contributed by atoms with Crippen molar-refractivity contribution >= 4 is 23.4 Å². The first-order valence-electron chi connectivity index (χ1n) is 9.24. The molecule has 0 aliphatic carbocycles. The van der Waals surface area contributed by atoms with Crippen molar-refractivity contribution < 1.29 is 18.7 Å². The summed E-state index contributed by atoms with van der Waals surface area (Å²) in [6.45, 7) is 2.09. The molecule has 0 unspecified atom stereocenters. The minimum Gasteiger partial charge on any atom is -0.494 e.